The largest absolute Gasteiger partial charge is 0.463 e. The number of pyridine rings is 1. The van der Waals surface area contributed by atoms with E-state index < -0.39 is 0 Å². The number of hydrogen-bond acceptors (Lipinski definition) is 4. The normalized spacial score (nSPS) is 15.3. The first-order valence-corrected chi connectivity index (χ1v) is 8.66. The monoisotopic (exact) mass is 349 g/mol. The van der Waals surface area contributed by atoms with Crippen LogP contribution in [0.4, 0.5) is 0 Å². The van der Waals surface area contributed by atoms with E-state index in [4.69, 9.17) is 10.2 Å². The maximum absolute atomic E-state index is 13.2. The molecule has 2 aromatic heterocycles. The summed E-state index contributed by atoms with van der Waals surface area (Å²) in [5.74, 6) is 0.134. The Hall–Kier alpha value is -3.15. The third-order valence-electron chi connectivity index (χ3n) is 4.90. The van der Waals surface area contributed by atoms with E-state index >= 15 is 0 Å². The Morgan fingerprint density at radius 3 is 2.58 bits per heavy atom. The van der Waals surface area contributed by atoms with Gasteiger partial charge >= 0.3 is 0 Å². The average Bonchev–Trinajstić information content (AvgIpc) is 3.21. The van der Waals surface area contributed by atoms with Crippen molar-refractivity contribution in [3.05, 3.63) is 54.3 Å². The summed E-state index contributed by atoms with van der Waals surface area (Å²) < 4.78 is 5.45. The van der Waals surface area contributed by atoms with Crippen LogP contribution in [0.2, 0.25) is 0 Å². The molecule has 1 aliphatic heterocycles. The number of nitrogens with two attached hydrogens (primary N) is 1. The maximum atomic E-state index is 13.2. The second-order valence-electron chi connectivity index (χ2n) is 6.52. The van der Waals surface area contributed by atoms with Crippen molar-refractivity contribution in [2.45, 2.75) is 12.8 Å². The number of likely N-dealkylation sites (tertiary alicyclic amines) is 1. The van der Waals surface area contributed by atoms with E-state index in [1.807, 2.05) is 30.3 Å². The Bertz CT molecular complexity index is 958. The predicted octanol–water partition coefficient (Wildman–Crippen LogP) is 2.83. The number of piperidine rings is 1. The van der Waals surface area contributed by atoms with Crippen LogP contribution in [0, 0.1) is 5.92 Å². The van der Waals surface area contributed by atoms with Crippen LogP contribution >= 0.6 is 0 Å². The van der Waals surface area contributed by atoms with Crippen molar-refractivity contribution in [1.29, 1.82) is 0 Å². The molecule has 1 aromatic carbocycles. The molecule has 3 aromatic rings. The minimum atomic E-state index is -0.286. The Morgan fingerprint density at radius 1 is 1.12 bits per heavy atom. The van der Waals surface area contributed by atoms with E-state index in [1.54, 1.807) is 23.3 Å². The van der Waals surface area contributed by atoms with Gasteiger partial charge in [-0.2, -0.15) is 0 Å². The third kappa shape index (κ3) is 2.94. The summed E-state index contributed by atoms with van der Waals surface area (Å²) in [4.78, 5) is 30.9. The van der Waals surface area contributed by atoms with Crippen LogP contribution < -0.4 is 5.73 Å². The maximum Gasteiger partial charge on any atom is 0.254 e. The lowest BCUT2D eigenvalue weighted by molar-refractivity contribution is -0.123. The lowest BCUT2D eigenvalue weighted by Gasteiger charge is -2.31. The number of para-hydroxylation sites is 1. The van der Waals surface area contributed by atoms with E-state index in [0.29, 0.717) is 42.9 Å². The Kier molecular flexibility index (Phi) is 4.16. The number of aromatic nitrogens is 1. The van der Waals surface area contributed by atoms with Gasteiger partial charge in [0, 0.05) is 24.4 Å². The smallest absolute Gasteiger partial charge is 0.254 e. The molecule has 0 radical (unpaired) electrons. The third-order valence-corrected chi connectivity index (χ3v) is 4.90. The lowest BCUT2D eigenvalue weighted by Crippen LogP contribution is -2.41. The molecule has 0 bridgehead atoms. The molecule has 1 saturated heterocycles. The summed E-state index contributed by atoms with van der Waals surface area (Å²) in [6.45, 7) is 1.05. The van der Waals surface area contributed by atoms with Crippen molar-refractivity contribution in [3.8, 4) is 11.5 Å². The number of furan rings is 1. The second-order valence-corrected chi connectivity index (χ2v) is 6.52. The van der Waals surface area contributed by atoms with Crippen molar-refractivity contribution in [2.24, 2.45) is 11.7 Å². The van der Waals surface area contributed by atoms with Gasteiger partial charge in [-0.05, 0) is 37.1 Å². The highest BCUT2D eigenvalue weighted by Crippen LogP contribution is 2.27. The van der Waals surface area contributed by atoms with Crippen LogP contribution in [-0.4, -0.2) is 34.8 Å². The number of rotatable bonds is 3. The number of amides is 2. The Balaban J connectivity index is 1.71. The Morgan fingerprint density at radius 2 is 1.88 bits per heavy atom. The van der Waals surface area contributed by atoms with E-state index in [9.17, 15) is 9.59 Å². The molecule has 1 fully saturated rings. The Labute approximate surface area is 150 Å². The molecule has 3 heterocycles. The fraction of sp³-hybridized carbons (Fsp3) is 0.250. The first kappa shape index (κ1) is 16.3. The summed E-state index contributed by atoms with van der Waals surface area (Å²) in [7, 11) is 0. The fourth-order valence-corrected chi connectivity index (χ4v) is 3.44. The molecule has 1 aliphatic rings. The zero-order chi connectivity index (χ0) is 18.1. The number of carbonyl (C=O) groups is 2. The molecule has 0 atom stereocenters. The highest BCUT2D eigenvalue weighted by molar-refractivity contribution is 6.07. The summed E-state index contributed by atoms with van der Waals surface area (Å²) in [5.41, 5.74) is 7.36. The van der Waals surface area contributed by atoms with E-state index in [1.165, 1.54) is 0 Å². The highest BCUT2D eigenvalue weighted by Gasteiger charge is 2.27. The van der Waals surface area contributed by atoms with Gasteiger partial charge in [-0.3, -0.25) is 9.59 Å². The molecule has 132 valence electrons. The zero-order valence-corrected chi connectivity index (χ0v) is 14.2. The quantitative estimate of drug-likeness (QED) is 0.787. The molecule has 2 amide bonds. The molecule has 4 rings (SSSR count). The molecule has 0 unspecified atom stereocenters. The van der Waals surface area contributed by atoms with Gasteiger partial charge in [0.05, 0.1) is 17.3 Å². The topological polar surface area (TPSA) is 89.4 Å². The molecule has 26 heavy (non-hydrogen) atoms. The van der Waals surface area contributed by atoms with Gasteiger partial charge in [0.25, 0.3) is 5.91 Å². The van der Waals surface area contributed by atoms with Crippen molar-refractivity contribution in [1.82, 2.24) is 9.88 Å². The van der Waals surface area contributed by atoms with Crippen molar-refractivity contribution >= 4 is 22.7 Å². The molecular weight excluding hydrogens is 330 g/mol. The lowest BCUT2D eigenvalue weighted by atomic mass is 9.95. The van der Waals surface area contributed by atoms with Gasteiger partial charge in [-0.25, -0.2) is 4.98 Å². The zero-order valence-electron chi connectivity index (χ0n) is 14.2. The number of fused-ring (bicyclic) bond motifs is 1. The van der Waals surface area contributed by atoms with Gasteiger partial charge < -0.3 is 15.1 Å². The average molecular weight is 349 g/mol. The van der Waals surface area contributed by atoms with Crippen LogP contribution in [0.3, 0.4) is 0 Å². The van der Waals surface area contributed by atoms with E-state index in [-0.39, 0.29) is 17.7 Å². The van der Waals surface area contributed by atoms with Crippen LogP contribution in [0.1, 0.15) is 23.2 Å². The number of carbonyl (C=O) groups excluding carboxylic acids is 2. The van der Waals surface area contributed by atoms with Gasteiger partial charge in [-0.1, -0.05) is 18.2 Å². The van der Waals surface area contributed by atoms with Gasteiger partial charge in [0.1, 0.15) is 5.69 Å². The van der Waals surface area contributed by atoms with Gasteiger partial charge in [-0.15, -0.1) is 0 Å². The minimum absolute atomic E-state index is 0.0562. The van der Waals surface area contributed by atoms with Crippen molar-refractivity contribution in [2.75, 3.05) is 13.1 Å². The number of nitrogens with zero attached hydrogens (tertiary/aromatic N) is 2. The number of primary amides is 1. The predicted molar refractivity (Wildman–Crippen MR) is 97.3 cm³/mol. The van der Waals surface area contributed by atoms with Gasteiger partial charge in [0.2, 0.25) is 5.91 Å². The van der Waals surface area contributed by atoms with E-state index in [0.717, 1.165) is 10.9 Å². The fourth-order valence-electron chi connectivity index (χ4n) is 3.44. The molecule has 0 saturated carbocycles. The molecule has 2 N–H and O–H groups in total. The number of benzene rings is 1. The standard InChI is InChI=1S/C20H19N3O3/c21-19(24)13-7-9-23(10-8-13)20(25)15-12-17(18-6-3-11-26-18)22-16-5-2-1-4-14(15)16/h1-6,11-13H,7-10H2,(H2,21,24). The summed E-state index contributed by atoms with van der Waals surface area (Å²) in [6.07, 6.45) is 2.80. The second kappa shape index (κ2) is 6.63. The molecular formula is C20H19N3O3. The number of hydrogen-bond donors (Lipinski definition) is 1. The van der Waals surface area contributed by atoms with Crippen LogP contribution in [-0.2, 0) is 4.79 Å². The van der Waals surface area contributed by atoms with Crippen LogP contribution in [0.25, 0.3) is 22.4 Å². The minimum Gasteiger partial charge on any atom is -0.463 e. The molecule has 0 spiro atoms. The van der Waals surface area contributed by atoms with E-state index in [2.05, 4.69) is 4.98 Å². The molecule has 0 aliphatic carbocycles. The summed E-state index contributed by atoms with van der Waals surface area (Å²) in [6, 6.07) is 13.0. The first-order chi connectivity index (χ1) is 12.6. The van der Waals surface area contributed by atoms with Crippen molar-refractivity contribution < 1.29 is 14.0 Å². The molecule has 6 heteroatoms. The van der Waals surface area contributed by atoms with Gasteiger partial charge in [0.15, 0.2) is 5.76 Å². The summed E-state index contributed by atoms with van der Waals surface area (Å²) in [5, 5.41) is 0.810. The van der Waals surface area contributed by atoms with Crippen LogP contribution in [0.5, 0.6) is 0 Å². The molecule has 6 nitrogen and oxygen atoms in total. The summed E-state index contributed by atoms with van der Waals surface area (Å²) >= 11 is 0. The first-order valence-electron chi connectivity index (χ1n) is 8.66. The highest BCUT2D eigenvalue weighted by atomic mass is 16.3. The van der Waals surface area contributed by atoms with Crippen LogP contribution in [0.15, 0.2) is 53.1 Å². The SMILES string of the molecule is NC(=O)C1CCN(C(=O)c2cc(-c3ccco3)nc3ccccc23)CC1. The van der Waals surface area contributed by atoms with Crippen molar-refractivity contribution in [3.63, 3.8) is 0 Å².